The molecule has 0 aliphatic carbocycles. The van der Waals surface area contributed by atoms with Gasteiger partial charge in [0.15, 0.2) is 11.4 Å². The molecule has 1 saturated heterocycles. The van der Waals surface area contributed by atoms with Gasteiger partial charge in [-0.2, -0.15) is 0 Å². The Morgan fingerprint density at radius 2 is 2.25 bits per heavy atom. The summed E-state index contributed by atoms with van der Waals surface area (Å²) in [5.41, 5.74) is 0.827. The van der Waals surface area contributed by atoms with Crippen molar-refractivity contribution in [2.75, 3.05) is 31.7 Å². The molecule has 2 heterocycles. The van der Waals surface area contributed by atoms with E-state index < -0.39 is 0 Å². The van der Waals surface area contributed by atoms with Gasteiger partial charge in [-0.05, 0) is 18.8 Å². The molecule has 1 atom stereocenters. The van der Waals surface area contributed by atoms with Gasteiger partial charge < -0.3 is 9.64 Å². The summed E-state index contributed by atoms with van der Waals surface area (Å²) in [4.78, 5) is 19.1. The topological polar surface area (TPSA) is 42.4 Å². The summed E-state index contributed by atoms with van der Waals surface area (Å²) in [6.45, 7) is 9.10. The van der Waals surface area contributed by atoms with Crippen molar-refractivity contribution in [1.82, 2.24) is 4.98 Å². The second kappa shape index (κ2) is 6.22. The molecule has 1 fully saturated rings. The number of carbonyl (C=O) groups excluding carboxylic acids is 1. The maximum absolute atomic E-state index is 11.3. The number of anilines is 1. The van der Waals surface area contributed by atoms with E-state index in [1.54, 1.807) is 7.11 Å². The van der Waals surface area contributed by atoms with Crippen molar-refractivity contribution in [2.24, 2.45) is 5.92 Å². The first-order valence-electron chi connectivity index (χ1n) is 7.16. The van der Waals surface area contributed by atoms with Crippen LogP contribution < -0.4 is 4.90 Å². The van der Waals surface area contributed by atoms with Crippen molar-refractivity contribution in [3.05, 3.63) is 10.6 Å². The number of rotatable bonds is 4. The lowest BCUT2D eigenvalue weighted by Crippen LogP contribution is -2.37. The molecule has 1 aliphatic heterocycles. The van der Waals surface area contributed by atoms with Crippen molar-refractivity contribution >= 4 is 22.8 Å². The van der Waals surface area contributed by atoms with Crippen LogP contribution in [0.1, 0.15) is 49.0 Å². The molecule has 0 saturated carbocycles. The lowest BCUT2D eigenvalue weighted by Gasteiger charge is -2.32. The third-order valence-electron chi connectivity index (χ3n) is 3.65. The molecule has 0 bridgehead atoms. The summed E-state index contributed by atoms with van der Waals surface area (Å²) in [5, 5.41) is 0.984. The predicted molar refractivity (Wildman–Crippen MR) is 83.0 cm³/mol. The zero-order chi connectivity index (χ0) is 14.8. The Morgan fingerprint density at radius 3 is 2.80 bits per heavy atom. The summed E-state index contributed by atoms with van der Waals surface area (Å²) in [5.74, 6) is 0.565. The maximum atomic E-state index is 11.3. The number of piperidine rings is 1. The SMILES string of the molecule is COCC1CCCN(c2nc(C(C)(C)C)c(C=O)s2)C1. The van der Waals surface area contributed by atoms with Crippen LogP contribution in [0.5, 0.6) is 0 Å². The lowest BCUT2D eigenvalue weighted by molar-refractivity contribution is 0.112. The standard InChI is InChI=1S/C15H24N2O2S/c1-15(2,3)13-12(9-18)20-14(16-13)17-7-5-6-11(8-17)10-19-4/h9,11H,5-8,10H2,1-4H3. The monoisotopic (exact) mass is 296 g/mol. The van der Waals surface area contributed by atoms with E-state index >= 15 is 0 Å². The molecule has 0 spiro atoms. The van der Waals surface area contributed by atoms with Crippen LogP contribution in [0.3, 0.4) is 0 Å². The number of hydrogen-bond acceptors (Lipinski definition) is 5. The molecule has 20 heavy (non-hydrogen) atoms. The number of carbonyl (C=O) groups is 1. The lowest BCUT2D eigenvalue weighted by atomic mass is 9.91. The van der Waals surface area contributed by atoms with E-state index in [4.69, 9.17) is 9.72 Å². The largest absolute Gasteiger partial charge is 0.384 e. The van der Waals surface area contributed by atoms with Gasteiger partial charge in [0.2, 0.25) is 0 Å². The van der Waals surface area contributed by atoms with Crippen LogP contribution in [0.4, 0.5) is 5.13 Å². The molecule has 4 nitrogen and oxygen atoms in total. The number of methoxy groups -OCH3 is 1. The summed E-state index contributed by atoms with van der Waals surface area (Å²) < 4.78 is 5.27. The van der Waals surface area contributed by atoms with E-state index in [9.17, 15) is 4.79 Å². The smallest absolute Gasteiger partial charge is 0.186 e. The molecular formula is C15H24N2O2S. The zero-order valence-electron chi connectivity index (χ0n) is 12.8. The van der Waals surface area contributed by atoms with Crippen LogP contribution in [0.25, 0.3) is 0 Å². The van der Waals surface area contributed by atoms with Crippen LogP contribution in [-0.2, 0) is 10.2 Å². The van der Waals surface area contributed by atoms with Crippen LogP contribution >= 0.6 is 11.3 Å². The molecule has 1 aromatic rings. The van der Waals surface area contributed by atoms with Gasteiger partial charge in [0.1, 0.15) is 0 Å². The first-order valence-corrected chi connectivity index (χ1v) is 7.97. The molecule has 2 rings (SSSR count). The molecule has 1 aliphatic rings. The highest BCUT2D eigenvalue weighted by Gasteiger charge is 2.27. The average molecular weight is 296 g/mol. The second-order valence-electron chi connectivity index (χ2n) is 6.49. The Bertz CT molecular complexity index is 463. The fourth-order valence-electron chi connectivity index (χ4n) is 2.68. The normalized spacial score (nSPS) is 20.2. The van der Waals surface area contributed by atoms with Gasteiger partial charge in [0.25, 0.3) is 0 Å². The van der Waals surface area contributed by atoms with Crippen molar-refractivity contribution in [3.63, 3.8) is 0 Å². The molecule has 1 aromatic heterocycles. The number of thiazole rings is 1. The fraction of sp³-hybridized carbons (Fsp3) is 0.733. The third kappa shape index (κ3) is 3.38. The first kappa shape index (κ1) is 15.4. The first-order chi connectivity index (χ1) is 9.45. The van der Waals surface area contributed by atoms with Gasteiger partial charge >= 0.3 is 0 Å². The van der Waals surface area contributed by atoms with Gasteiger partial charge in [-0.1, -0.05) is 32.1 Å². The highest BCUT2D eigenvalue weighted by Crippen LogP contribution is 2.34. The minimum atomic E-state index is -0.0906. The zero-order valence-corrected chi connectivity index (χ0v) is 13.6. The summed E-state index contributed by atoms with van der Waals surface area (Å²) >= 11 is 1.52. The Balaban J connectivity index is 2.20. The van der Waals surface area contributed by atoms with E-state index in [-0.39, 0.29) is 5.41 Å². The van der Waals surface area contributed by atoms with E-state index in [0.29, 0.717) is 5.92 Å². The second-order valence-corrected chi connectivity index (χ2v) is 7.50. The van der Waals surface area contributed by atoms with Gasteiger partial charge in [0.05, 0.1) is 17.2 Å². The highest BCUT2D eigenvalue weighted by atomic mass is 32.1. The summed E-state index contributed by atoms with van der Waals surface area (Å²) in [7, 11) is 1.75. The van der Waals surface area contributed by atoms with E-state index in [1.165, 1.54) is 17.8 Å². The van der Waals surface area contributed by atoms with Crippen molar-refractivity contribution in [1.29, 1.82) is 0 Å². The van der Waals surface area contributed by atoms with Crippen LogP contribution in [0, 0.1) is 5.92 Å². The molecule has 1 unspecified atom stereocenters. The predicted octanol–water partition coefficient (Wildman–Crippen LogP) is 3.12. The van der Waals surface area contributed by atoms with Gasteiger partial charge in [-0.3, -0.25) is 4.79 Å². The Hall–Kier alpha value is -0.940. The van der Waals surface area contributed by atoms with Crippen molar-refractivity contribution in [2.45, 2.75) is 39.0 Å². The van der Waals surface area contributed by atoms with E-state index in [2.05, 4.69) is 25.7 Å². The molecule has 0 amide bonds. The number of nitrogens with zero attached hydrogens (tertiary/aromatic N) is 2. The quantitative estimate of drug-likeness (QED) is 0.801. The van der Waals surface area contributed by atoms with Gasteiger partial charge in [0, 0.05) is 25.6 Å². The van der Waals surface area contributed by atoms with E-state index in [0.717, 1.165) is 48.1 Å². The molecule has 0 N–H and O–H groups in total. The van der Waals surface area contributed by atoms with Crippen LogP contribution in [-0.4, -0.2) is 38.1 Å². The molecule has 0 aromatic carbocycles. The van der Waals surface area contributed by atoms with Crippen molar-refractivity contribution in [3.8, 4) is 0 Å². The summed E-state index contributed by atoms with van der Waals surface area (Å²) in [6.07, 6.45) is 3.32. The maximum Gasteiger partial charge on any atom is 0.186 e. The van der Waals surface area contributed by atoms with Gasteiger partial charge in [-0.15, -0.1) is 0 Å². The Morgan fingerprint density at radius 1 is 1.50 bits per heavy atom. The van der Waals surface area contributed by atoms with E-state index in [1.807, 2.05) is 0 Å². The van der Waals surface area contributed by atoms with Crippen molar-refractivity contribution < 1.29 is 9.53 Å². The fourth-order valence-corrected chi connectivity index (χ4v) is 3.81. The number of aromatic nitrogens is 1. The minimum absolute atomic E-state index is 0.0906. The molecular weight excluding hydrogens is 272 g/mol. The Kier molecular flexibility index (Phi) is 4.81. The number of aldehydes is 1. The summed E-state index contributed by atoms with van der Waals surface area (Å²) in [6, 6.07) is 0. The van der Waals surface area contributed by atoms with Crippen LogP contribution in [0.15, 0.2) is 0 Å². The van der Waals surface area contributed by atoms with Crippen LogP contribution in [0.2, 0.25) is 0 Å². The number of hydrogen-bond donors (Lipinski definition) is 0. The molecule has 112 valence electrons. The average Bonchev–Trinajstić information content (AvgIpc) is 2.83. The third-order valence-corrected chi connectivity index (χ3v) is 4.69. The number of ether oxygens (including phenoxy) is 1. The van der Waals surface area contributed by atoms with Gasteiger partial charge in [-0.25, -0.2) is 4.98 Å². The molecule has 5 heteroatoms. The Labute approximate surface area is 125 Å². The highest BCUT2D eigenvalue weighted by molar-refractivity contribution is 7.17. The minimum Gasteiger partial charge on any atom is -0.384 e. The molecule has 0 radical (unpaired) electrons.